The third-order valence-corrected chi connectivity index (χ3v) is 3.98. The van der Waals surface area contributed by atoms with Crippen LogP contribution in [0.5, 0.6) is 5.75 Å². The molecule has 0 unspecified atom stereocenters. The van der Waals surface area contributed by atoms with Crippen molar-refractivity contribution in [3.05, 3.63) is 39.5 Å². The molecule has 0 aliphatic carbocycles. The lowest BCUT2D eigenvalue weighted by Gasteiger charge is -2.12. The fourth-order valence-corrected chi connectivity index (χ4v) is 2.25. The minimum Gasteiger partial charge on any atom is -0.495 e. The van der Waals surface area contributed by atoms with Gasteiger partial charge in [-0.15, -0.1) is 0 Å². The number of benzene rings is 1. The van der Waals surface area contributed by atoms with Crippen molar-refractivity contribution in [2.45, 2.75) is 6.92 Å². The topological polar surface area (TPSA) is 60.2 Å². The van der Waals surface area contributed by atoms with E-state index in [4.69, 9.17) is 22.1 Å². The van der Waals surface area contributed by atoms with Crippen molar-refractivity contribution >= 4 is 44.7 Å². The van der Waals surface area contributed by atoms with Gasteiger partial charge in [-0.25, -0.2) is 4.98 Å². The van der Waals surface area contributed by atoms with E-state index in [1.807, 2.05) is 13.0 Å². The molecule has 2 rings (SSSR count). The molecule has 2 aromatic rings. The van der Waals surface area contributed by atoms with Gasteiger partial charge >= 0.3 is 0 Å². The van der Waals surface area contributed by atoms with Crippen LogP contribution in [-0.2, 0) is 0 Å². The highest BCUT2D eigenvalue weighted by Gasteiger charge is 2.09. The smallest absolute Gasteiger partial charge is 0.145 e. The summed E-state index contributed by atoms with van der Waals surface area (Å²) >= 11 is 9.55. The molecule has 0 atom stereocenters. The highest BCUT2D eigenvalue weighted by Crippen LogP contribution is 2.32. The van der Waals surface area contributed by atoms with Gasteiger partial charge < -0.3 is 15.8 Å². The van der Waals surface area contributed by atoms with Gasteiger partial charge in [0.15, 0.2) is 0 Å². The Morgan fingerprint density at radius 1 is 1.42 bits per heavy atom. The Morgan fingerprint density at radius 3 is 2.79 bits per heavy atom. The van der Waals surface area contributed by atoms with Crippen LogP contribution >= 0.6 is 27.5 Å². The Bertz CT molecular complexity index is 619. The SMILES string of the molecule is COc1ccc(Nc2ncc(N)c(C)c2Br)cc1Cl. The van der Waals surface area contributed by atoms with E-state index in [9.17, 15) is 0 Å². The van der Waals surface area contributed by atoms with Gasteiger partial charge in [0, 0.05) is 5.69 Å². The molecule has 1 heterocycles. The van der Waals surface area contributed by atoms with Crippen LogP contribution in [0.4, 0.5) is 17.2 Å². The monoisotopic (exact) mass is 341 g/mol. The van der Waals surface area contributed by atoms with E-state index in [0.29, 0.717) is 22.3 Å². The molecule has 1 aromatic heterocycles. The molecule has 19 heavy (non-hydrogen) atoms. The number of anilines is 3. The molecule has 6 heteroatoms. The lowest BCUT2D eigenvalue weighted by atomic mass is 10.2. The molecule has 4 nitrogen and oxygen atoms in total. The Morgan fingerprint density at radius 2 is 2.16 bits per heavy atom. The first-order valence-electron chi connectivity index (χ1n) is 5.54. The first kappa shape index (κ1) is 14.0. The van der Waals surface area contributed by atoms with Crippen molar-refractivity contribution in [2.24, 2.45) is 0 Å². The number of aromatic nitrogens is 1. The van der Waals surface area contributed by atoms with Crippen molar-refractivity contribution < 1.29 is 4.74 Å². The minimum atomic E-state index is 0.538. The van der Waals surface area contributed by atoms with E-state index in [1.54, 1.807) is 25.4 Å². The van der Waals surface area contributed by atoms with Gasteiger partial charge in [-0.1, -0.05) is 11.6 Å². The molecule has 0 radical (unpaired) electrons. The van der Waals surface area contributed by atoms with Crippen LogP contribution < -0.4 is 15.8 Å². The van der Waals surface area contributed by atoms with Crippen LogP contribution in [0.3, 0.4) is 0 Å². The standard InChI is InChI=1S/C13H13BrClN3O/c1-7-10(16)6-17-13(12(7)14)18-8-3-4-11(19-2)9(15)5-8/h3-6H,16H2,1-2H3,(H,17,18). The zero-order valence-corrected chi connectivity index (χ0v) is 12.8. The Kier molecular flexibility index (Phi) is 4.17. The second-order valence-corrected chi connectivity index (χ2v) is 5.18. The first-order chi connectivity index (χ1) is 9.02. The number of ether oxygens (including phenoxy) is 1. The Balaban J connectivity index is 2.31. The fraction of sp³-hybridized carbons (Fsp3) is 0.154. The third kappa shape index (κ3) is 2.93. The maximum atomic E-state index is 6.07. The lowest BCUT2D eigenvalue weighted by Crippen LogP contribution is -1.99. The summed E-state index contributed by atoms with van der Waals surface area (Å²) < 4.78 is 5.94. The Labute approximate surface area is 125 Å². The number of halogens is 2. The highest BCUT2D eigenvalue weighted by molar-refractivity contribution is 9.10. The number of nitrogens with zero attached hydrogens (tertiary/aromatic N) is 1. The van der Waals surface area contributed by atoms with Crippen LogP contribution in [0.2, 0.25) is 5.02 Å². The number of rotatable bonds is 3. The predicted octanol–water partition coefficient (Wildman–Crippen LogP) is 4.14. The van der Waals surface area contributed by atoms with Gasteiger partial charge in [0.1, 0.15) is 11.6 Å². The number of pyridine rings is 1. The largest absolute Gasteiger partial charge is 0.495 e. The summed E-state index contributed by atoms with van der Waals surface area (Å²) in [6.45, 7) is 1.92. The van der Waals surface area contributed by atoms with Crippen molar-refractivity contribution in [2.75, 3.05) is 18.2 Å². The van der Waals surface area contributed by atoms with Gasteiger partial charge in [-0.3, -0.25) is 0 Å². The maximum Gasteiger partial charge on any atom is 0.145 e. The molecule has 0 bridgehead atoms. The minimum absolute atomic E-state index is 0.538. The van der Waals surface area contributed by atoms with Crippen LogP contribution in [0.1, 0.15) is 5.56 Å². The quantitative estimate of drug-likeness (QED) is 0.880. The van der Waals surface area contributed by atoms with Gasteiger partial charge in [0.25, 0.3) is 0 Å². The molecular formula is C13H13BrClN3O. The number of nitrogens with one attached hydrogen (secondary N) is 1. The maximum absolute atomic E-state index is 6.07. The molecule has 0 aliphatic heterocycles. The Hall–Kier alpha value is -1.46. The zero-order valence-electron chi connectivity index (χ0n) is 10.5. The predicted molar refractivity (Wildman–Crippen MR) is 82.4 cm³/mol. The summed E-state index contributed by atoms with van der Waals surface area (Å²) in [5.74, 6) is 1.32. The summed E-state index contributed by atoms with van der Waals surface area (Å²) in [5.41, 5.74) is 8.19. The average Bonchev–Trinajstić information content (AvgIpc) is 2.40. The number of methoxy groups -OCH3 is 1. The van der Waals surface area contributed by atoms with E-state index in [-0.39, 0.29) is 0 Å². The molecule has 0 aliphatic rings. The summed E-state index contributed by atoms with van der Waals surface area (Å²) in [5, 5.41) is 3.72. The van der Waals surface area contributed by atoms with E-state index in [2.05, 4.69) is 26.2 Å². The van der Waals surface area contributed by atoms with E-state index in [0.717, 1.165) is 15.7 Å². The number of hydrogen-bond donors (Lipinski definition) is 2. The number of hydrogen-bond acceptors (Lipinski definition) is 4. The lowest BCUT2D eigenvalue weighted by molar-refractivity contribution is 0.415. The summed E-state index contributed by atoms with van der Waals surface area (Å²) in [4.78, 5) is 4.25. The van der Waals surface area contributed by atoms with Gasteiger partial charge in [0.05, 0.1) is 28.5 Å². The van der Waals surface area contributed by atoms with E-state index < -0.39 is 0 Å². The molecule has 0 fully saturated rings. The number of nitrogen functional groups attached to an aromatic ring is 1. The molecule has 0 saturated carbocycles. The molecule has 0 spiro atoms. The molecule has 0 saturated heterocycles. The van der Waals surface area contributed by atoms with E-state index in [1.165, 1.54) is 0 Å². The van der Waals surface area contributed by atoms with Crippen molar-refractivity contribution in [1.82, 2.24) is 4.98 Å². The molecule has 3 N–H and O–H groups in total. The second-order valence-electron chi connectivity index (χ2n) is 3.98. The molecular weight excluding hydrogens is 330 g/mol. The second kappa shape index (κ2) is 5.67. The molecule has 1 aromatic carbocycles. The molecule has 100 valence electrons. The third-order valence-electron chi connectivity index (χ3n) is 2.72. The first-order valence-corrected chi connectivity index (χ1v) is 6.71. The van der Waals surface area contributed by atoms with Crippen molar-refractivity contribution in [1.29, 1.82) is 0 Å². The van der Waals surface area contributed by atoms with Crippen molar-refractivity contribution in [3.8, 4) is 5.75 Å². The summed E-state index contributed by atoms with van der Waals surface area (Å²) in [6, 6.07) is 5.44. The van der Waals surface area contributed by atoms with Gasteiger partial charge in [0.2, 0.25) is 0 Å². The van der Waals surface area contributed by atoms with Crippen molar-refractivity contribution in [3.63, 3.8) is 0 Å². The fourth-order valence-electron chi connectivity index (χ4n) is 1.56. The number of nitrogens with two attached hydrogens (primary N) is 1. The molecule has 0 amide bonds. The normalized spacial score (nSPS) is 10.3. The van der Waals surface area contributed by atoms with Crippen LogP contribution in [-0.4, -0.2) is 12.1 Å². The van der Waals surface area contributed by atoms with Crippen LogP contribution in [0.15, 0.2) is 28.9 Å². The van der Waals surface area contributed by atoms with E-state index >= 15 is 0 Å². The van der Waals surface area contributed by atoms with Gasteiger partial charge in [-0.2, -0.15) is 0 Å². The summed E-state index contributed by atoms with van der Waals surface area (Å²) in [6.07, 6.45) is 1.62. The van der Waals surface area contributed by atoms with Crippen LogP contribution in [0, 0.1) is 6.92 Å². The average molecular weight is 343 g/mol. The zero-order chi connectivity index (χ0) is 14.0. The van der Waals surface area contributed by atoms with Crippen LogP contribution in [0.25, 0.3) is 0 Å². The highest BCUT2D eigenvalue weighted by atomic mass is 79.9. The summed E-state index contributed by atoms with van der Waals surface area (Å²) in [7, 11) is 1.58. The van der Waals surface area contributed by atoms with Gasteiger partial charge in [-0.05, 0) is 46.6 Å².